The van der Waals surface area contributed by atoms with E-state index in [0.717, 1.165) is 28.3 Å². The van der Waals surface area contributed by atoms with Gasteiger partial charge in [-0.1, -0.05) is 29.8 Å². The number of nitrogens with zero attached hydrogens (tertiary/aromatic N) is 2. The summed E-state index contributed by atoms with van der Waals surface area (Å²) in [7, 11) is 1.67. The molecule has 6 heteroatoms. The number of aliphatic imine (C=N–C) groups is 1. The zero-order chi connectivity index (χ0) is 20.3. The van der Waals surface area contributed by atoms with Gasteiger partial charge in [-0.3, -0.25) is 10.8 Å². The Labute approximate surface area is 171 Å². The van der Waals surface area contributed by atoms with Crippen LogP contribution in [0.5, 0.6) is 5.75 Å². The van der Waals surface area contributed by atoms with Gasteiger partial charge in [0.25, 0.3) is 0 Å². The molecule has 3 rings (SSSR count). The molecule has 1 aliphatic heterocycles. The number of halogens is 1. The lowest BCUT2D eigenvalue weighted by Gasteiger charge is -2.38. The highest BCUT2D eigenvalue weighted by Gasteiger charge is 2.34. The van der Waals surface area contributed by atoms with Crippen LogP contribution < -0.4 is 20.9 Å². The summed E-state index contributed by atoms with van der Waals surface area (Å²) in [6.45, 7) is 8.21. The van der Waals surface area contributed by atoms with E-state index in [1.807, 2.05) is 42.5 Å². The minimum atomic E-state index is -0.171. The van der Waals surface area contributed by atoms with E-state index in [1.54, 1.807) is 7.11 Å². The van der Waals surface area contributed by atoms with Crippen LogP contribution >= 0.6 is 11.6 Å². The van der Waals surface area contributed by atoms with Crippen molar-refractivity contribution in [2.24, 2.45) is 10.8 Å². The standard InChI is InChI=1S/C22H27ClN4O/c1-5-6-19-22(26-24)27(14(2)3)20-12-11-17(28-4)13-18(20)21(25-19)15-7-9-16(23)10-8-15/h5,7-14,19,22,26H,1,6,24H2,2-4H3/t19-,22?/m0/s1. The van der Waals surface area contributed by atoms with Crippen molar-refractivity contribution >= 4 is 23.0 Å². The number of methoxy groups -OCH3 is 1. The predicted molar refractivity (Wildman–Crippen MR) is 117 cm³/mol. The number of hydrogen-bond donors (Lipinski definition) is 2. The van der Waals surface area contributed by atoms with Crippen molar-refractivity contribution in [2.45, 2.75) is 38.5 Å². The van der Waals surface area contributed by atoms with Crippen LogP contribution in [0.15, 0.2) is 60.1 Å². The van der Waals surface area contributed by atoms with Gasteiger partial charge in [0.1, 0.15) is 11.9 Å². The van der Waals surface area contributed by atoms with Crippen LogP contribution in [-0.4, -0.2) is 31.1 Å². The lowest BCUT2D eigenvalue weighted by Crippen LogP contribution is -2.57. The normalized spacial score (nSPS) is 19.1. The molecule has 0 aliphatic carbocycles. The Morgan fingerprint density at radius 3 is 2.57 bits per heavy atom. The highest BCUT2D eigenvalue weighted by Crippen LogP contribution is 2.35. The molecule has 0 radical (unpaired) electrons. The summed E-state index contributed by atoms with van der Waals surface area (Å²) in [6.07, 6.45) is 2.41. The summed E-state index contributed by atoms with van der Waals surface area (Å²) in [5.74, 6) is 6.78. The monoisotopic (exact) mass is 398 g/mol. The highest BCUT2D eigenvalue weighted by atomic mass is 35.5. The second kappa shape index (κ2) is 8.78. The topological polar surface area (TPSA) is 62.9 Å². The van der Waals surface area contributed by atoms with Crippen molar-refractivity contribution in [3.63, 3.8) is 0 Å². The molecule has 28 heavy (non-hydrogen) atoms. The Morgan fingerprint density at radius 1 is 1.29 bits per heavy atom. The third-order valence-electron chi connectivity index (χ3n) is 4.95. The van der Waals surface area contributed by atoms with Crippen LogP contribution in [0.1, 0.15) is 31.4 Å². The van der Waals surface area contributed by atoms with Gasteiger partial charge in [0.15, 0.2) is 0 Å². The van der Waals surface area contributed by atoms with E-state index in [2.05, 4.69) is 36.8 Å². The van der Waals surface area contributed by atoms with Gasteiger partial charge in [-0.2, -0.15) is 0 Å². The second-order valence-electron chi connectivity index (χ2n) is 7.07. The van der Waals surface area contributed by atoms with Crippen molar-refractivity contribution < 1.29 is 4.74 Å². The average Bonchev–Trinajstić information content (AvgIpc) is 2.83. The zero-order valence-electron chi connectivity index (χ0n) is 16.5. The minimum absolute atomic E-state index is 0.103. The third-order valence-corrected chi connectivity index (χ3v) is 5.20. The van der Waals surface area contributed by atoms with Crippen LogP contribution in [-0.2, 0) is 0 Å². The molecule has 2 atom stereocenters. The average molecular weight is 399 g/mol. The van der Waals surface area contributed by atoms with E-state index >= 15 is 0 Å². The molecule has 148 valence electrons. The molecule has 3 N–H and O–H groups in total. The van der Waals surface area contributed by atoms with Crippen LogP contribution in [0, 0.1) is 0 Å². The Morgan fingerprint density at radius 2 is 2.00 bits per heavy atom. The number of anilines is 1. The Kier molecular flexibility index (Phi) is 6.39. The summed E-state index contributed by atoms with van der Waals surface area (Å²) in [6, 6.07) is 13.9. The Hall–Kier alpha value is -2.34. The minimum Gasteiger partial charge on any atom is -0.497 e. The first-order chi connectivity index (χ1) is 13.5. The summed E-state index contributed by atoms with van der Waals surface area (Å²) in [5, 5.41) is 0.691. The number of nitrogens with one attached hydrogen (secondary N) is 1. The van der Waals surface area contributed by atoms with E-state index in [0.29, 0.717) is 11.4 Å². The molecule has 1 heterocycles. The molecule has 1 unspecified atom stereocenters. The molecule has 1 aliphatic rings. The van der Waals surface area contributed by atoms with Gasteiger partial charge in [-0.05, 0) is 50.6 Å². The number of hydrazine groups is 1. The van der Waals surface area contributed by atoms with Crippen LogP contribution in [0.3, 0.4) is 0 Å². The molecule has 0 aromatic heterocycles. The van der Waals surface area contributed by atoms with Gasteiger partial charge in [-0.15, -0.1) is 6.58 Å². The maximum atomic E-state index is 6.11. The molecule has 2 aromatic rings. The van der Waals surface area contributed by atoms with Crippen molar-refractivity contribution in [1.29, 1.82) is 0 Å². The molecular formula is C22H27ClN4O. The lowest BCUT2D eigenvalue weighted by molar-refractivity contribution is 0.400. The molecule has 0 saturated heterocycles. The number of hydrogen-bond acceptors (Lipinski definition) is 5. The Bertz CT molecular complexity index is 863. The van der Waals surface area contributed by atoms with Crippen LogP contribution in [0.25, 0.3) is 0 Å². The molecule has 0 fully saturated rings. The van der Waals surface area contributed by atoms with Gasteiger partial charge in [0.2, 0.25) is 0 Å². The van der Waals surface area contributed by atoms with Crippen LogP contribution in [0.4, 0.5) is 5.69 Å². The molecule has 2 aromatic carbocycles. The van der Waals surface area contributed by atoms with E-state index in [-0.39, 0.29) is 18.2 Å². The smallest absolute Gasteiger partial charge is 0.119 e. The first-order valence-corrected chi connectivity index (χ1v) is 9.75. The first kappa shape index (κ1) is 20.4. The fraction of sp³-hybridized carbons (Fsp3) is 0.318. The number of nitrogens with two attached hydrogens (primary N) is 1. The van der Waals surface area contributed by atoms with Crippen molar-refractivity contribution in [1.82, 2.24) is 5.43 Å². The second-order valence-corrected chi connectivity index (χ2v) is 7.51. The molecule has 0 saturated carbocycles. The molecule has 0 amide bonds. The molecule has 5 nitrogen and oxygen atoms in total. The zero-order valence-corrected chi connectivity index (χ0v) is 17.3. The Balaban J connectivity index is 2.29. The number of benzodiazepines with no additional fused rings is 1. The maximum absolute atomic E-state index is 6.11. The predicted octanol–water partition coefficient (Wildman–Crippen LogP) is 4.15. The largest absolute Gasteiger partial charge is 0.497 e. The van der Waals surface area contributed by atoms with E-state index in [1.165, 1.54) is 0 Å². The quantitative estimate of drug-likeness (QED) is 0.436. The summed E-state index contributed by atoms with van der Waals surface area (Å²) in [4.78, 5) is 7.40. The van der Waals surface area contributed by atoms with Gasteiger partial charge < -0.3 is 9.64 Å². The molecule has 0 spiro atoms. The number of fused-ring (bicyclic) bond motifs is 1. The van der Waals surface area contributed by atoms with Gasteiger partial charge >= 0.3 is 0 Å². The number of ether oxygens (including phenoxy) is 1. The lowest BCUT2D eigenvalue weighted by atomic mass is 9.99. The van der Waals surface area contributed by atoms with E-state index in [4.69, 9.17) is 27.2 Å². The van der Waals surface area contributed by atoms with Crippen LogP contribution in [0.2, 0.25) is 5.02 Å². The van der Waals surface area contributed by atoms with Gasteiger partial charge in [0.05, 0.1) is 18.9 Å². The fourth-order valence-corrected chi connectivity index (χ4v) is 3.81. The molecular weight excluding hydrogens is 372 g/mol. The van der Waals surface area contributed by atoms with E-state index in [9.17, 15) is 0 Å². The first-order valence-electron chi connectivity index (χ1n) is 9.37. The van der Waals surface area contributed by atoms with Crippen molar-refractivity contribution in [3.05, 3.63) is 71.3 Å². The summed E-state index contributed by atoms with van der Waals surface area (Å²) < 4.78 is 5.50. The van der Waals surface area contributed by atoms with Gasteiger partial charge in [0, 0.05) is 27.9 Å². The number of rotatable bonds is 6. The van der Waals surface area contributed by atoms with Crippen molar-refractivity contribution in [3.8, 4) is 5.75 Å². The number of benzene rings is 2. The van der Waals surface area contributed by atoms with E-state index < -0.39 is 0 Å². The highest BCUT2D eigenvalue weighted by molar-refractivity contribution is 6.30. The fourth-order valence-electron chi connectivity index (χ4n) is 3.68. The van der Waals surface area contributed by atoms with Gasteiger partial charge in [-0.25, -0.2) is 5.43 Å². The maximum Gasteiger partial charge on any atom is 0.119 e. The SMILES string of the molecule is C=CC[C@@H]1N=C(c2ccc(Cl)cc2)c2cc(OC)ccc2N(C(C)C)C1NN. The molecule has 0 bridgehead atoms. The summed E-state index contributed by atoms with van der Waals surface area (Å²) in [5.41, 5.74) is 6.92. The summed E-state index contributed by atoms with van der Waals surface area (Å²) >= 11 is 6.11. The third kappa shape index (κ3) is 3.92. The van der Waals surface area contributed by atoms with Crippen molar-refractivity contribution in [2.75, 3.05) is 12.0 Å².